The first kappa shape index (κ1) is 45.9. The molecule has 0 radical (unpaired) electrons. The van der Waals surface area contributed by atoms with Crippen LogP contribution in [0.1, 0.15) is 107 Å². The highest BCUT2D eigenvalue weighted by atomic mass is 28.4. The van der Waals surface area contributed by atoms with Crippen LogP contribution in [0.25, 0.3) is 0 Å². The van der Waals surface area contributed by atoms with Crippen molar-refractivity contribution in [1.29, 1.82) is 0 Å². The minimum absolute atomic E-state index is 0.0912. The smallest absolute Gasteiger partial charge is 0.250 e. The molecule has 0 aromatic heterocycles. The van der Waals surface area contributed by atoms with E-state index in [1.807, 2.05) is 0 Å². The van der Waals surface area contributed by atoms with Gasteiger partial charge >= 0.3 is 0 Å². The van der Waals surface area contributed by atoms with Crippen LogP contribution in [0.15, 0.2) is 91.0 Å². The van der Waals surface area contributed by atoms with Crippen molar-refractivity contribution < 1.29 is 18.3 Å². The maximum absolute atomic E-state index is 7.02. The van der Waals surface area contributed by atoms with E-state index < -0.39 is 16.6 Å². The first-order chi connectivity index (χ1) is 28.5. The molecule has 326 valence electrons. The Labute approximate surface area is 366 Å². The summed E-state index contributed by atoms with van der Waals surface area (Å²) >= 11 is 0. The van der Waals surface area contributed by atoms with Crippen LogP contribution in [0, 0.1) is 0 Å². The van der Waals surface area contributed by atoms with Crippen molar-refractivity contribution in [2.45, 2.75) is 142 Å². The maximum atomic E-state index is 7.02. The first-order valence-electron chi connectivity index (χ1n) is 22.9. The highest BCUT2D eigenvalue weighted by molar-refractivity contribution is 6.75. The first-order valence-corrected chi connectivity index (χ1v) is 28.7. The van der Waals surface area contributed by atoms with E-state index in [9.17, 15) is 0 Å². The molecule has 0 spiro atoms. The summed E-state index contributed by atoms with van der Waals surface area (Å²) < 4.78 is 26.4. The lowest BCUT2D eigenvalue weighted by Crippen LogP contribution is -2.43. The molecule has 1 atom stereocenters. The molecule has 8 heteroatoms. The fourth-order valence-electron chi connectivity index (χ4n) is 7.95. The largest absolute Gasteiger partial charge is 0.543 e. The number of fused-ring (bicyclic) bond motifs is 1. The number of likely N-dealkylation sites (tertiary alicyclic amines) is 1. The lowest BCUT2D eigenvalue weighted by atomic mass is 9.79. The molecule has 4 aromatic carbocycles. The van der Waals surface area contributed by atoms with Gasteiger partial charge in [0.1, 0.15) is 23.9 Å². The minimum atomic E-state index is -2.09. The second kappa shape index (κ2) is 20.1. The van der Waals surface area contributed by atoms with Gasteiger partial charge in [0.05, 0.1) is 13.2 Å². The van der Waals surface area contributed by atoms with Crippen LogP contribution in [-0.2, 0) is 30.7 Å². The summed E-state index contributed by atoms with van der Waals surface area (Å²) in [7, 11) is -4.01. The van der Waals surface area contributed by atoms with Crippen molar-refractivity contribution >= 4 is 22.3 Å². The molecule has 0 saturated carbocycles. The number of benzene rings is 4. The normalized spacial score (nSPS) is 16.8. The van der Waals surface area contributed by atoms with Crippen LogP contribution in [0.2, 0.25) is 36.3 Å². The second-order valence-corrected chi connectivity index (χ2v) is 30.0. The van der Waals surface area contributed by atoms with Gasteiger partial charge in [-0.3, -0.25) is 4.90 Å². The van der Waals surface area contributed by atoms with E-state index in [1.165, 1.54) is 72.3 Å². The zero-order chi connectivity index (χ0) is 43.0. The molecular weight excluding hydrogens is 773 g/mol. The molecule has 2 aliphatic rings. The van der Waals surface area contributed by atoms with E-state index in [0.29, 0.717) is 19.1 Å². The van der Waals surface area contributed by atoms with Gasteiger partial charge in [-0.15, -0.1) is 0 Å². The van der Waals surface area contributed by atoms with Crippen molar-refractivity contribution in [3.8, 4) is 17.2 Å². The SMILES string of the molecule is CC(C)(C)[Si](C)(C)Oc1ccc2c(c1)CCC(c1ccc(O[Si](C)(C)C(C)(C)C)cc1N(CCOCc1ccccc1)Cc1ccc(OCCN3CCCCCC3)cc1)C2. The number of hydrogen-bond donors (Lipinski definition) is 0. The van der Waals surface area contributed by atoms with E-state index in [0.717, 1.165) is 62.8 Å². The van der Waals surface area contributed by atoms with Crippen LogP contribution in [0.5, 0.6) is 17.2 Å². The Morgan fingerprint density at radius 2 is 1.27 bits per heavy atom. The fourth-order valence-corrected chi connectivity index (χ4v) is 9.99. The van der Waals surface area contributed by atoms with Gasteiger partial charge in [0, 0.05) is 31.4 Å². The summed E-state index contributed by atoms with van der Waals surface area (Å²) in [5, 5.41) is 0.249. The number of nitrogens with zero attached hydrogens (tertiary/aromatic N) is 2. The Bertz CT molecular complexity index is 1940. The van der Waals surface area contributed by atoms with E-state index >= 15 is 0 Å². The molecule has 6 nitrogen and oxygen atoms in total. The number of hydrogen-bond acceptors (Lipinski definition) is 6. The van der Waals surface area contributed by atoms with Crippen molar-refractivity contribution in [3.05, 3.63) is 119 Å². The van der Waals surface area contributed by atoms with Crippen LogP contribution in [0.3, 0.4) is 0 Å². The van der Waals surface area contributed by atoms with E-state index in [1.54, 1.807) is 0 Å². The molecule has 0 bridgehead atoms. The number of anilines is 1. The highest BCUT2D eigenvalue weighted by Crippen LogP contribution is 2.44. The third-order valence-electron chi connectivity index (χ3n) is 13.8. The van der Waals surface area contributed by atoms with Crippen LogP contribution in [-0.4, -0.2) is 60.9 Å². The highest BCUT2D eigenvalue weighted by Gasteiger charge is 2.40. The zero-order valence-corrected chi connectivity index (χ0v) is 40.9. The Balaban J connectivity index is 1.27. The van der Waals surface area contributed by atoms with Crippen molar-refractivity contribution in [2.75, 3.05) is 44.3 Å². The molecular formula is C52H76N2O4Si2. The van der Waals surface area contributed by atoms with Gasteiger partial charge in [-0.25, -0.2) is 0 Å². The van der Waals surface area contributed by atoms with Crippen LogP contribution in [0.4, 0.5) is 5.69 Å². The zero-order valence-electron chi connectivity index (χ0n) is 38.9. The molecule has 0 amide bonds. The fraction of sp³-hybridized carbons (Fsp3) is 0.538. The molecule has 0 N–H and O–H groups in total. The lowest BCUT2D eigenvalue weighted by Gasteiger charge is -2.38. The number of rotatable bonds is 17. The average molecular weight is 849 g/mol. The van der Waals surface area contributed by atoms with Crippen molar-refractivity contribution in [3.63, 3.8) is 0 Å². The van der Waals surface area contributed by atoms with Gasteiger partial charge in [0.15, 0.2) is 0 Å². The quantitative estimate of drug-likeness (QED) is 0.0779. The Hall–Kier alpha value is -3.57. The van der Waals surface area contributed by atoms with Gasteiger partial charge in [0.2, 0.25) is 16.6 Å². The molecule has 1 fully saturated rings. The molecule has 1 saturated heterocycles. The molecule has 6 rings (SSSR count). The van der Waals surface area contributed by atoms with Crippen molar-refractivity contribution in [2.24, 2.45) is 0 Å². The average Bonchev–Trinajstić information content (AvgIpc) is 3.48. The van der Waals surface area contributed by atoms with Gasteiger partial charge in [0.25, 0.3) is 0 Å². The van der Waals surface area contributed by atoms with Crippen LogP contribution >= 0.6 is 0 Å². The summed E-state index contributed by atoms with van der Waals surface area (Å²) in [4.78, 5) is 5.10. The monoisotopic (exact) mass is 849 g/mol. The molecule has 4 aromatic rings. The third-order valence-corrected chi connectivity index (χ3v) is 22.6. The maximum Gasteiger partial charge on any atom is 0.250 e. The predicted octanol–water partition coefficient (Wildman–Crippen LogP) is 13.2. The number of aryl methyl sites for hydroxylation is 1. The van der Waals surface area contributed by atoms with E-state index in [2.05, 4.69) is 169 Å². The topological polar surface area (TPSA) is 43.4 Å². The standard InChI is InChI=1S/C52H76N2O4Si2/c1-51(2,3)59(7,8)57-47-27-24-43-36-45(23-22-44(43)37-47)49-29-28-48(58-60(9,10)52(4,5)6)38-50(49)54(33-34-55-40-42-18-14-13-15-19-42)39-41-20-25-46(26-21-41)56-35-32-53-30-16-11-12-17-31-53/h13-15,18-21,24-29,37-38,45H,11-12,16-17,22-23,30-36,39-40H2,1-10H3. The lowest BCUT2D eigenvalue weighted by molar-refractivity contribution is 0.126. The van der Waals surface area contributed by atoms with Crippen LogP contribution < -0.4 is 18.5 Å². The van der Waals surface area contributed by atoms with E-state index in [4.69, 9.17) is 18.3 Å². The third kappa shape index (κ3) is 12.5. The molecule has 1 aliphatic heterocycles. The van der Waals surface area contributed by atoms with Gasteiger partial charge in [-0.2, -0.15) is 0 Å². The molecule has 1 heterocycles. The Kier molecular flexibility index (Phi) is 15.4. The Morgan fingerprint density at radius 1 is 0.650 bits per heavy atom. The number of ether oxygens (including phenoxy) is 2. The van der Waals surface area contributed by atoms with Crippen molar-refractivity contribution in [1.82, 2.24) is 4.90 Å². The summed E-state index contributed by atoms with van der Waals surface area (Å²) in [6, 6.07) is 33.2. The summed E-state index contributed by atoms with van der Waals surface area (Å²) in [6.07, 6.45) is 8.45. The molecule has 1 aliphatic carbocycles. The predicted molar refractivity (Wildman–Crippen MR) is 257 cm³/mol. The van der Waals surface area contributed by atoms with Gasteiger partial charge < -0.3 is 23.2 Å². The summed E-state index contributed by atoms with van der Waals surface area (Å²) in [5.41, 5.74) is 7.95. The summed E-state index contributed by atoms with van der Waals surface area (Å²) in [6.45, 7) is 30.1. The summed E-state index contributed by atoms with van der Waals surface area (Å²) in [5.74, 6) is 3.32. The van der Waals surface area contributed by atoms with Gasteiger partial charge in [-0.05, 0) is 146 Å². The van der Waals surface area contributed by atoms with Gasteiger partial charge in [-0.1, -0.05) is 109 Å². The molecule has 60 heavy (non-hydrogen) atoms. The molecule has 1 unspecified atom stereocenters. The minimum Gasteiger partial charge on any atom is -0.543 e. The Morgan fingerprint density at radius 3 is 1.92 bits per heavy atom. The van der Waals surface area contributed by atoms with E-state index in [-0.39, 0.29) is 10.1 Å². The second-order valence-electron chi connectivity index (χ2n) is 20.5.